The molecule has 0 spiro atoms. The number of fused-ring (bicyclic) bond motifs is 2. The van der Waals surface area contributed by atoms with Crippen molar-refractivity contribution in [2.75, 3.05) is 7.11 Å². The van der Waals surface area contributed by atoms with Crippen LogP contribution in [-0.2, 0) is 4.74 Å². The summed E-state index contributed by atoms with van der Waals surface area (Å²) in [5.74, 6) is 0.808. The fourth-order valence-corrected chi connectivity index (χ4v) is 2.86. The summed E-state index contributed by atoms with van der Waals surface area (Å²) in [4.78, 5) is 35.7. The van der Waals surface area contributed by atoms with Gasteiger partial charge in [0.25, 0.3) is 11.4 Å². The molecular weight excluding hydrogens is 392 g/mol. The van der Waals surface area contributed by atoms with Crippen molar-refractivity contribution in [1.82, 2.24) is 19.9 Å². The molecule has 4 aromatic rings. The predicted molar refractivity (Wildman–Crippen MR) is 102 cm³/mol. The Balaban J connectivity index is 0.00000225. The molecule has 0 unspecified atom stereocenters. The number of nitrogens with zero attached hydrogens (tertiary/aromatic N) is 4. The molecule has 0 saturated heterocycles. The average Bonchev–Trinajstić information content (AvgIpc) is 3.24. The van der Waals surface area contributed by atoms with E-state index in [1.807, 2.05) is 0 Å². The van der Waals surface area contributed by atoms with Crippen molar-refractivity contribution in [2.45, 2.75) is 6.10 Å². The summed E-state index contributed by atoms with van der Waals surface area (Å²) in [7, 11) is 1.47. The van der Waals surface area contributed by atoms with Crippen LogP contribution in [0.3, 0.4) is 0 Å². The van der Waals surface area contributed by atoms with Crippen molar-refractivity contribution in [2.24, 2.45) is 0 Å². The molecule has 11 nitrogen and oxygen atoms in total. The number of hydrogen-bond donors (Lipinski definition) is 2. The van der Waals surface area contributed by atoms with Gasteiger partial charge in [-0.3, -0.25) is 20.2 Å². The summed E-state index contributed by atoms with van der Waals surface area (Å²) in [6.07, 6.45) is -0.706. The first-order valence-electron chi connectivity index (χ1n) is 7.77. The monoisotopic (exact) mass is 404 g/mol. The summed E-state index contributed by atoms with van der Waals surface area (Å²) in [5, 5.41) is 21.8. The lowest BCUT2D eigenvalue weighted by atomic mass is 10.3. The number of imidazole rings is 2. The number of nitrogens with one attached hydrogen (secondary N) is 2. The molecule has 0 amide bonds. The normalized spacial score (nSPS) is 11.1. The molecule has 28 heavy (non-hydrogen) atoms. The van der Waals surface area contributed by atoms with Crippen molar-refractivity contribution < 1.29 is 14.6 Å². The highest BCUT2D eigenvalue weighted by Gasteiger charge is 2.22. The molecule has 2 heterocycles. The number of halogens is 1. The fraction of sp³-hybridized carbons (Fsp3) is 0.125. The molecule has 4 rings (SSSR count). The van der Waals surface area contributed by atoms with Crippen LogP contribution in [0.1, 0.15) is 17.8 Å². The van der Waals surface area contributed by atoms with E-state index in [1.54, 1.807) is 12.1 Å². The van der Waals surface area contributed by atoms with E-state index in [-0.39, 0.29) is 23.8 Å². The van der Waals surface area contributed by atoms with Crippen LogP contribution < -0.4 is 0 Å². The standard InChI is InChI=1S/C16H12N6O5.ClH/c1-27-14(15-17-10-4-2-8(21(23)24)6-12(10)19-15)16-18-11-5-3-9(22(25)26)7-13(11)20-16;/h2-7,14H,1H3,(H,17,19)(H,18,20);1H. The lowest BCUT2D eigenvalue weighted by molar-refractivity contribution is -0.384. The maximum absolute atomic E-state index is 10.9. The van der Waals surface area contributed by atoms with E-state index in [1.165, 1.54) is 31.4 Å². The molecule has 0 atom stereocenters. The maximum Gasteiger partial charge on any atom is 0.271 e. The Labute approximate surface area is 162 Å². The summed E-state index contributed by atoms with van der Waals surface area (Å²) in [5.41, 5.74) is 1.97. The molecule has 2 N–H and O–H groups in total. The Bertz CT molecular complexity index is 1110. The zero-order chi connectivity index (χ0) is 19.1. The molecule has 0 fully saturated rings. The number of nitro groups is 2. The van der Waals surface area contributed by atoms with E-state index in [0.29, 0.717) is 33.7 Å². The first kappa shape index (κ1) is 19.2. The van der Waals surface area contributed by atoms with Gasteiger partial charge in [0.1, 0.15) is 11.6 Å². The Morgan fingerprint density at radius 1 is 0.893 bits per heavy atom. The van der Waals surface area contributed by atoms with Crippen LogP contribution in [0.15, 0.2) is 36.4 Å². The van der Waals surface area contributed by atoms with Crippen molar-refractivity contribution >= 4 is 45.8 Å². The third kappa shape index (κ3) is 3.23. The fourth-order valence-electron chi connectivity index (χ4n) is 2.86. The van der Waals surface area contributed by atoms with E-state index < -0.39 is 16.0 Å². The van der Waals surface area contributed by atoms with Crippen LogP contribution >= 0.6 is 12.4 Å². The number of H-pyrrole nitrogens is 2. The number of nitro benzene ring substituents is 2. The molecule has 0 aliphatic carbocycles. The molecule has 2 aromatic carbocycles. The summed E-state index contributed by atoms with van der Waals surface area (Å²) < 4.78 is 5.48. The number of benzene rings is 2. The lowest BCUT2D eigenvalue weighted by Gasteiger charge is -2.09. The van der Waals surface area contributed by atoms with E-state index >= 15 is 0 Å². The summed E-state index contributed by atoms with van der Waals surface area (Å²) in [6, 6.07) is 8.61. The summed E-state index contributed by atoms with van der Waals surface area (Å²) in [6.45, 7) is 0. The number of aromatic amines is 2. The largest absolute Gasteiger partial charge is 0.365 e. The first-order chi connectivity index (χ1) is 13.0. The van der Waals surface area contributed by atoms with Crippen molar-refractivity contribution in [3.05, 3.63) is 68.3 Å². The second-order valence-electron chi connectivity index (χ2n) is 5.78. The van der Waals surface area contributed by atoms with Gasteiger partial charge in [-0.25, -0.2) is 9.97 Å². The Morgan fingerprint density at radius 3 is 1.68 bits per heavy atom. The van der Waals surface area contributed by atoms with Crippen LogP contribution in [0.25, 0.3) is 22.1 Å². The minimum Gasteiger partial charge on any atom is -0.365 e. The lowest BCUT2D eigenvalue weighted by Crippen LogP contribution is -2.07. The highest BCUT2D eigenvalue weighted by Crippen LogP contribution is 2.28. The molecule has 0 saturated carbocycles. The van der Waals surface area contributed by atoms with Gasteiger partial charge in [-0.05, 0) is 12.1 Å². The third-order valence-electron chi connectivity index (χ3n) is 4.12. The molecule has 144 valence electrons. The van der Waals surface area contributed by atoms with E-state index in [2.05, 4.69) is 19.9 Å². The minimum absolute atomic E-state index is 0. The van der Waals surface area contributed by atoms with Gasteiger partial charge in [0, 0.05) is 31.4 Å². The van der Waals surface area contributed by atoms with Gasteiger partial charge >= 0.3 is 0 Å². The molecule has 0 aliphatic heterocycles. The zero-order valence-corrected chi connectivity index (χ0v) is 15.1. The minimum atomic E-state index is -0.706. The van der Waals surface area contributed by atoms with Crippen molar-refractivity contribution in [3.8, 4) is 0 Å². The number of aromatic nitrogens is 4. The van der Waals surface area contributed by atoms with Crippen LogP contribution in [0.2, 0.25) is 0 Å². The number of ether oxygens (including phenoxy) is 1. The van der Waals surface area contributed by atoms with Gasteiger partial charge in [-0.2, -0.15) is 0 Å². The molecule has 0 aliphatic rings. The molecule has 0 radical (unpaired) electrons. The average molecular weight is 405 g/mol. The SMILES string of the molecule is COC(c1nc2ccc([N+](=O)[O-])cc2[nH]1)c1nc2ccc([N+](=O)[O-])cc2[nH]1.Cl. The van der Waals surface area contributed by atoms with Gasteiger partial charge in [0.15, 0.2) is 6.10 Å². The number of rotatable bonds is 5. The number of methoxy groups -OCH3 is 1. The van der Waals surface area contributed by atoms with E-state index in [0.717, 1.165) is 0 Å². The van der Waals surface area contributed by atoms with Crippen LogP contribution in [0, 0.1) is 20.2 Å². The van der Waals surface area contributed by atoms with Gasteiger partial charge in [-0.1, -0.05) is 0 Å². The van der Waals surface area contributed by atoms with E-state index in [4.69, 9.17) is 4.74 Å². The number of hydrogen-bond acceptors (Lipinski definition) is 7. The van der Waals surface area contributed by atoms with Gasteiger partial charge in [0.05, 0.1) is 31.9 Å². The van der Waals surface area contributed by atoms with Crippen LogP contribution in [0.5, 0.6) is 0 Å². The van der Waals surface area contributed by atoms with E-state index in [9.17, 15) is 20.2 Å². The van der Waals surface area contributed by atoms with Gasteiger partial charge in [0.2, 0.25) is 0 Å². The Hall–Kier alpha value is -3.57. The van der Waals surface area contributed by atoms with Crippen molar-refractivity contribution in [1.29, 1.82) is 0 Å². The number of non-ortho nitro benzene ring substituents is 2. The molecular formula is C16H13ClN6O5. The third-order valence-corrected chi connectivity index (χ3v) is 4.12. The second kappa shape index (κ2) is 7.21. The van der Waals surface area contributed by atoms with Crippen LogP contribution in [-0.4, -0.2) is 36.9 Å². The first-order valence-corrected chi connectivity index (χ1v) is 7.77. The van der Waals surface area contributed by atoms with Gasteiger partial charge in [-0.15, -0.1) is 12.4 Å². The topological polar surface area (TPSA) is 153 Å². The maximum atomic E-state index is 10.9. The van der Waals surface area contributed by atoms with Crippen molar-refractivity contribution in [3.63, 3.8) is 0 Å². The van der Waals surface area contributed by atoms with Crippen LogP contribution in [0.4, 0.5) is 11.4 Å². The second-order valence-corrected chi connectivity index (χ2v) is 5.78. The quantitative estimate of drug-likeness (QED) is 0.381. The Kier molecular flexibility index (Phi) is 4.94. The van der Waals surface area contributed by atoms with Gasteiger partial charge < -0.3 is 14.7 Å². The molecule has 12 heteroatoms. The Morgan fingerprint density at radius 2 is 1.32 bits per heavy atom. The highest BCUT2D eigenvalue weighted by molar-refractivity contribution is 5.85. The smallest absolute Gasteiger partial charge is 0.271 e. The highest BCUT2D eigenvalue weighted by atomic mass is 35.5. The summed E-state index contributed by atoms with van der Waals surface area (Å²) >= 11 is 0. The molecule has 0 bridgehead atoms. The predicted octanol–water partition coefficient (Wildman–Crippen LogP) is 3.41. The zero-order valence-electron chi connectivity index (χ0n) is 14.3. The molecule has 2 aromatic heterocycles.